The number of hydrogen-bond acceptors (Lipinski definition) is 3. The molecule has 1 N–H and O–H groups in total. The first-order valence-electron chi connectivity index (χ1n) is 6.44. The van der Waals surface area contributed by atoms with E-state index < -0.39 is 12.6 Å². The molecule has 0 aliphatic carbocycles. The Morgan fingerprint density at radius 3 is 2.68 bits per heavy atom. The van der Waals surface area contributed by atoms with Crippen molar-refractivity contribution >= 4 is 11.3 Å². The fourth-order valence-electron chi connectivity index (χ4n) is 1.53. The lowest BCUT2D eigenvalue weighted by Crippen LogP contribution is -2.12. The summed E-state index contributed by atoms with van der Waals surface area (Å²) in [6.07, 6.45) is -3.73. The summed E-state index contributed by atoms with van der Waals surface area (Å²) in [5, 5.41) is 3.30. The predicted octanol–water partition coefficient (Wildman–Crippen LogP) is 4.11. The molecule has 0 amide bonds. The number of ether oxygens (including phenoxy) is 1. The molecular weight excluding hydrogens is 275 g/mol. The largest absolute Gasteiger partial charge is 0.389 e. The van der Waals surface area contributed by atoms with Crippen molar-refractivity contribution in [3.63, 3.8) is 0 Å². The normalized spacial score (nSPS) is 12.0. The zero-order valence-corrected chi connectivity index (χ0v) is 11.9. The minimum absolute atomic E-state index is 0.0276. The molecule has 0 spiro atoms. The molecule has 0 fully saturated rings. The molecule has 0 bridgehead atoms. The zero-order valence-electron chi connectivity index (χ0n) is 11.1. The molecule has 0 radical (unpaired) electrons. The summed E-state index contributed by atoms with van der Waals surface area (Å²) in [4.78, 5) is 2.28. The smallest absolute Gasteiger partial charge is 0.376 e. The molecule has 19 heavy (non-hydrogen) atoms. The van der Waals surface area contributed by atoms with Gasteiger partial charge in [0.25, 0.3) is 0 Å². The highest BCUT2D eigenvalue weighted by atomic mass is 32.1. The minimum atomic E-state index is -4.08. The Hall–Kier alpha value is -0.590. The summed E-state index contributed by atoms with van der Waals surface area (Å²) in [5.41, 5.74) is 0. The first kappa shape index (κ1) is 16.5. The van der Waals surface area contributed by atoms with Crippen molar-refractivity contribution in [2.24, 2.45) is 0 Å². The average molecular weight is 295 g/mol. The maximum Gasteiger partial charge on any atom is 0.389 e. The van der Waals surface area contributed by atoms with E-state index in [1.807, 2.05) is 12.1 Å². The van der Waals surface area contributed by atoms with E-state index in [2.05, 4.69) is 12.2 Å². The van der Waals surface area contributed by atoms with Gasteiger partial charge < -0.3 is 10.1 Å². The Morgan fingerprint density at radius 1 is 1.26 bits per heavy atom. The number of rotatable bonds is 9. The van der Waals surface area contributed by atoms with Crippen LogP contribution in [0.5, 0.6) is 0 Å². The van der Waals surface area contributed by atoms with Gasteiger partial charge in [0.15, 0.2) is 0 Å². The van der Waals surface area contributed by atoms with Crippen molar-refractivity contribution in [3.05, 3.63) is 21.9 Å². The van der Waals surface area contributed by atoms with E-state index in [-0.39, 0.29) is 13.0 Å². The lowest BCUT2D eigenvalue weighted by atomic mass is 10.3. The van der Waals surface area contributed by atoms with E-state index >= 15 is 0 Å². The zero-order chi connectivity index (χ0) is 14.1. The Kier molecular flexibility index (Phi) is 7.41. The van der Waals surface area contributed by atoms with Crippen molar-refractivity contribution in [1.29, 1.82) is 0 Å². The standard InChI is InChI=1S/C13H20F3NOS/c1-2-7-17-9-11-4-5-12(19-11)10-18-8-3-6-13(14,15)16/h4-5,17H,2-3,6-10H2,1H3. The molecule has 0 aliphatic heterocycles. The van der Waals surface area contributed by atoms with E-state index in [1.165, 1.54) is 4.88 Å². The third kappa shape index (κ3) is 8.23. The van der Waals surface area contributed by atoms with Gasteiger partial charge in [0, 0.05) is 29.3 Å². The Labute approximate surface area is 116 Å². The molecule has 0 atom stereocenters. The fraction of sp³-hybridized carbons (Fsp3) is 0.692. The van der Waals surface area contributed by atoms with Crippen LogP contribution in [0.3, 0.4) is 0 Å². The van der Waals surface area contributed by atoms with Crippen LogP contribution in [0.1, 0.15) is 35.9 Å². The monoisotopic (exact) mass is 295 g/mol. The van der Waals surface area contributed by atoms with Crippen LogP contribution in [0.2, 0.25) is 0 Å². The van der Waals surface area contributed by atoms with Crippen molar-refractivity contribution in [3.8, 4) is 0 Å². The second-order valence-electron chi connectivity index (χ2n) is 4.32. The number of hydrogen-bond donors (Lipinski definition) is 1. The molecule has 6 heteroatoms. The Bertz CT molecular complexity index is 352. The highest BCUT2D eigenvalue weighted by molar-refractivity contribution is 7.11. The first-order valence-corrected chi connectivity index (χ1v) is 7.25. The molecule has 0 aliphatic rings. The van der Waals surface area contributed by atoms with Crippen LogP contribution in [0, 0.1) is 0 Å². The van der Waals surface area contributed by atoms with Crippen molar-refractivity contribution < 1.29 is 17.9 Å². The van der Waals surface area contributed by atoms with Crippen LogP contribution >= 0.6 is 11.3 Å². The summed E-state index contributed by atoms with van der Waals surface area (Å²) in [7, 11) is 0. The summed E-state index contributed by atoms with van der Waals surface area (Å²) in [5.74, 6) is 0. The van der Waals surface area contributed by atoms with E-state index in [0.29, 0.717) is 6.61 Å². The lowest BCUT2D eigenvalue weighted by molar-refractivity contribution is -0.138. The molecule has 0 unspecified atom stereocenters. The second kappa shape index (κ2) is 8.55. The molecule has 1 heterocycles. The van der Waals surface area contributed by atoms with Gasteiger partial charge in [0.1, 0.15) is 0 Å². The highest BCUT2D eigenvalue weighted by Gasteiger charge is 2.25. The summed E-state index contributed by atoms with van der Waals surface area (Å²) < 4.78 is 40.9. The molecule has 1 aromatic heterocycles. The highest BCUT2D eigenvalue weighted by Crippen LogP contribution is 2.21. The third-order valence-electron chi connectivity index (χ3n) is 2.44. The third-order valence-corrected chi connectivity index (χ3v) is 3.50. The maximum absolute atomic E-state index is 11.9. The number of halogens is 3. The lowest BCUT2D eigenvalue weighted by Gasteiger charge is -2.06. The molecule has 2 nitrogen and oxygen atoms in total. The van der Waals surface area contributed by atoms with Crippen LogP contribution in [0.4, 0.5) is 13.2 Å². The quantitative estimate of drug-likeness (QED) is 0.692. The van der Waals surface area contributed by atoms with Crippen LogP contribution in [-0.2, 0) is 17.9 Å². The minimum Gasteiger partial charge on any atom is -0.376 e. The van der Waals surface area contributed by atoms with Gasteiger partial charge in [0.05, 0.1) is 6.61 Å². The van der Waals surface area contributed by atoms with Gasteiger partial charge in [-0.15, -0.1) is 11.3 Å². The fourth-order valence-corrected chi connectivity index (χ4v) is 2.46. The van der Waals surface area contributed by atoms with Gasteiger partial charge >= 0.3 is 6.18 Å². The van der Waals surface area contributed by atoms with Crippen molar-refractivity contribution in [2.75, 3.05) is 13.2 Å². The van der Waals surface area contributed by atoms with Gasteiger partial charge in [-0.25, -0.2) is 0 Å². The molecule has 1 rings (SSSR count). The second-order valence-corrected chi connectivity index (χ2v) is 5.57. The molecule has 0 aromatic carbocycles. The average Bonchev–Trinajstić information content (AvgIpc) is 2.75. The Morgan fingerprint density at radius 2 is 2.00 bits per heavy atom. The summed E-state index contributed by atoms with van der Waals surface area (Å²) >= 11 is 1.64. The van der Waals surface area contributed by atoms with Crippen molar-refractivity contribution in [1.82, 2.24) is 5.32 Å². The number of alkyl halides is 3. The van der Waals surface area contributed by atoms with Gasteiger partial charge in [0.2, 0.25) is 0 Å². The van der Waals surface area contributed by atoms with Crippen LogP contribution in [0.25, 0.3) is 0 Å². The topological polar surface area (TPSA) is 21.3 Å². The number of nitrogens with one attached hydrogen (secondary N) is 1. The summed E-state index contributed by atoms with van der Waals surface area (Å²) in [6, 6.07) is 4.00. The molecule has 0 saturated heterocycles. The van der Waals surface area contributed by atoms with E-state index in [4.69, 9.17) is 4.74 Å². The van der Waals surface area contributed by atoms with Gasteiger partial charge in [-0.2, -0.15) is 13.2 Å². The van der Waals surface area contributed by atoms with Crippen LogP contribution < -0.4 is 5.32 Å². The SMILES string of the molecule is CCCNCc1ccc(COCCCC(F)(F)F)s1. The Balaban J connectivity index is 2.12. The summed E-state index contributed by atoms with van der Waals surface area (Å²) in [6.45, 7) is 4.49. The molecule has 1 aromatic rings. The van der Waals surface area contributed by atoms with Gasteiger partial charge in [-0.05, 0) is 31.5 Å². The molecule has 0 saturated carbocycles. The number of thiophene rings is 1. The van der Waals surface area contributed by atoms with E-state index in [0.717, 1.165) is 24.4 Å². The first-order chi connectivity index (χ1) is 9.01. The van der Waals surface area contributed by atoms with Gasteiger partial charge in [-0.3, -0.25) is 0 Å². The predicted molar refractivity (Wildman–Crippen MR) is 71.3 cm³/mol. The van der Waals surface area contributed by atoms with Gasteiger partial charge in [-0.1, -0.05) is 6.92 Å². The van der Waals surface area contributed by atoms with Crippen LogP contribution in [0.15, 0.2) is 12.1 Å². The van der Waals surface area contributed by atoms with Crippen molar-refractivity contribution in [2.45, 2.75) is 45.5 Å². The van der Waals surface area contributed by atoms with E-state index in [9.17, 15) is 13.2 Å². The maximum atomic E-state index is 11.9. The molecular formula is C13H20F3NOS. The van der Waals surface area contributed by atoms with E-state index in [1.54, 1.807) is 11.3 Å². The van der Waals surface area contributed by atoms with Crippen LogP contribution in [-0.4, -0.2) is 19.3 Å². The molecule has 110 valence electrons.